The molecule has 7 heteroatoms. The molecule has 24 heavy (non-hydrogen) atoms. The Balaban J connectivity index is 2.06. The van der Waals surface area contributed by atoms with Crippen molar-refractivity contribution in [1.29, 1.82) is 0 Å². The first-order valence-electron chi connectivity index (χ1n) is 8.12. The normalized spacial score (nSPS) is 17.6. The number of nitrogens with one attached hydrogen (secondary N) is 1. The lowest BCUT2D eigenvalue weighted by molar-refractivity contribution is -0.127. The molecule has 134 valence electrons. The lowest BCUT2D eigenvalue weighted by Crippen LogP contribution is -2.50. The van der Waals surface area contributed by atoms with Gasteiger partial charge in [-0.1, -0.05) is 35.3 Å². The number of carbonyl (C=O) groups excluding carboxylic acids is 1. The van der Waals surface area contributed by atoms with Gasteiger partial charge in [0, 0.05) is 0 Å². The Morgan fingerprint density at radius 3 is 2.54 bits per heavy atom. The minimum Gasteiger partial charge on any atom is -0.330 e. The maximum absolute atomic E-state index is 12.6. The molecule has 0 aromatic heterocycles. The van der Waals surface area contributed by atoms with E-state index < -0.39 is 0 Å². The van der Waals surface area contributed by atoms with Gasteiger partial charge < -0.3 is 10.2 Å². The van der Waals surface area contributed by atoms with Gasteiger partial charge in [0.1, 0.15) is 0 Å². The zero-order chi connectivity index (χ0) is 17.9. The summed E-state index contributed by atoms with van der Waals surface area (Å²) in [7, 11) is 3.61. The van der Waals surface area contributed by atoms with Crippen molar-refractivity contribution in [3.8, 4) is 0 Å². The molecule has 0 radical (unpaired) electrons. The largest absolute Gasteiger partial charge is 0.342 e. The predicted octanol–water partition coefficient (Wildman–Crippen LogP) is 4.03. The number of hydrogen-bond acceptors (Lipinski definition) is 3. The van der Waals surface area contributed by atoms with Crippen LogP contribution in [0, 0.1) is 6.92 Å². The van der Waals surface area contributed by atoms with Crippen LogP contribution >= 0.6 is 23.2 Å². The van der Waals surface area contributed by atoms with Gasteiger partial charge in [-0.05, 0) is 58.0 Å². The second-order valence-corrected chi connectivity index (χ2v) is 7.07. The highest BCUT2D eigenvalue weighted by atomic mass is 35.5. The maximum Gasteiger partial charge on any atom is 0.342 e. The van der Waals surface area contributed by atoms with E-state index in [1.54, 1.807) is 0 Å². The number of piperidine rings is 1. The highest BCUT2D eigenvalue weighted by Gasteiger charge is 2.28. The van der Waals surface area contributed by atoms with Gasteiger partial charge in [-0.25, -0.2) is 9.86 Å². The summed E-state index contributed by atoms with van der Waals surface area (Å²) in [5.41, 5.74) is 1.70. The van der Waals surface area contributed by atoms with E-state index >= 15 is 0 Å². The molecule has 5 nitrogen and oxygen atoms in total. The van der Waals surface area contributed by atoms with Crippen LogP contribution in [0.4, 0.5) is 4.79 Å². The molecule has 1 unspecified atom stereocenters. The average molecular weight is 374 g/mol. The predicted molar refractivity (Wildman–Crippen MR) is 97.5 cm³/mol. The lowest BCUT2D eigenvalue weighted by atomic mass is 10.0. The van der Waals surface area contributed by atoms with E-state index in [1.807, 2.05) is 26.0 Å². The maximum atomic E-state index is 12.6. The molecule has 1 aromatic rings. The molecule has 0 aliphatic carbocycles. The monoisotopic (exact) mass is 373 g/mol. The third kappa shape index (κ3) is 4.33. The van der Waals surface area contributed by atoms with Gasteiger partial charge in [0.2, 0.25) is 0 Å². The number of hydrogen-bond donors (Lipinski definition) is 1. The summed E-state index contributed by atoms with van der Waals surface area (Å²) in [6, 6.07) is 3.34. The van der Waals surface area contributed by atoms with Gasteiger partial charge in [-0.3, -0.25) is 4.84 Å². The Labute approximate surface area is 153 Å². The van der Waals surface area contributed by atoms with Crippen LogP contribution in [0.25, 0.3) is 0 Å². The topological polar surface area (TPSA) is 44.8 Å². The fourth-order valence-corrected chi connectivity index (χ4v) is 3.50. The van der Waals surface area contributed by atoms with Crippen LogP contribution in [0.3, 0.4) is 0 Å². The number of benzene rings is 1. The molecular formula is C17H25Cl2N3O2. The van der Waals surface area contributed by atoms with Crippen LogP contribution in [-0.4, -0.2) is 49.3 Å². The van der Waals surface area contributed by atoms with E-state index in [2.05, 4.69) is 17.3 Å². The van der Waals surface area contributed by atoms with Gasteiger partial charge in [-0.2, -0.15) is 0 Å². The van der Waals surface area contributed by atoms with Crippen molar-refractivity contribution < 1.29 is 9.63 Å². The fourth-order valence-electron chi connectivity index (χ4n) is 2.95. The Bertz CT molecular complexity index is 589. The van der Waals surface area contributed by atoms with E-state index in [1.165, 1.54) is 12.2 Å². The number of carbonyl (C=O) groups is 1. The molecule has 1 aromatic carbocycles. The number of rotatable bonds is 4. The van der Waals surface area contributed by atoms with E-state index in [-0.39, 0.29) is 18.1 Å². The number of amides is 2. The van der Waals surface area contributed by atoms with Crippen LogP contribution in [-0.2, 0) is 4.84 Å². The zero-order valence-corrected chi connectivity index (χ0v) is 16.1. The lowest BCUT2D eigenvalue weighted by Gasteiger charge is -2.36. The summed E-state index contributed by atoms with van der Waals surface area (Å²) in [6.07, 6.45) is 1.78. The molecule has 0 bridgehead atoms. The highest BCUT2D eigenvalue weighted by Crippen LogP contribution is 2.32. The first-order chi connectivity index (χ1) is 11.3. The molecule has 1 N–H and O–H groups in total. The van der Waals surface area contributed by atoms with Gasteiger partial charge in [-0.15, -0.1) is 0 Å². The quantitative estimate of drug-likeness (QED) is 0.810. The molecule has 1 aliphatic heterocycles. The van der Waals surface area contributed by atoms with E-state index in [4.69, 9.17) is 28.0 Å². The van der Waals surface area contributed by atoms with Crippen molar-refractivity contribution in [2.45, 2.75) is 38.8 Å². The molecule has 0 spiro atoms. The number of nitrogens with zero attached hydrogens (tertiary/aromatic N) is 2. The molecule has 1 fully saturated rings. The molecule has 1 saturated heterocycles. The summed E-state index contributed by atoms with van der Waals surface area (Å²) in [5, 5.41) is 5.39. The average Bonchev–Trinajstić information content (AvgIpc) is 2.55. The number of halogens is 2. The third-order valence-electron chi connectivity index (χ3n) is 4.53. The van der Waals surface area contributed by atoms with E-state index in [9.17, 15) is 4.79 Å². The summed E-state index contributed by atoms with van der Waals surface area (Å²) >= 11 is 12.5. The van der Waals surface area contributed by atoms with Crippen LogP contribution in [0.2, 0.25) is 10.0 Å². The summed E-state index contributed by atoms with van der Waals surface area (Å²) in [4.78, 5) is 20.2. The summed E-state index contributed by atoms with van der Waals surface area (Å²) in [5.74, 6) is 0. The van der Waals surface area contributed by atoms with Crippen molar-refractivity contribution in [2.75, 3.05) is 27.2 Å². The van der Waals surface area contributed by atoms with Crippen molar-refractivity contribution in [3.05, 3.63) is 33.3 Å². The summed E-state index contributed by atoms with van der Waals surface area (Å²) in [6.45, 7) is 5.68. The minimum absolute atomic E-state index is 0.0791. The second-order valence-electron chi connectivity index (χ2n) is 6.31. The van der Waals surface area contributed by atoms with E-state index in [0.29, 0.717) is 10.0 Å². The third-order valence-corrected chi connectivity index (χ3v) is 5.52. The molecule has 0 saturated carbocycles. The SMILES string of the molecule is CON(C(=O)NC(C)c1ccc(C)c(Cl)c1Cl)C1CCN(C)CC1. The molecule has 1 heterocycles. The Hall–Kier alpha value is -1.01. The van der Waals surface area contributed by atoms with Gasteiger partial charge >= 0.3 is 6.03 Å². The van der Waals surface area contributed by atoms with Crippen molar-refractivity contribution in [2.24, 2.45) is 0 Å². The number of hydroxylamine groups is 2. The van der Waals surface area contributed by atoms with Crippen molar-refractivity contribution in [1.82, 2.24) is 15.3 Å². The van der Waals surface area contributed by atoms with Crippen LogP contribution < -0.4 is 5.32 Å². The first-order valence-corrected chi connectivity index (χ1v) is 8.87. The van der Waals surface area contributed by atoms with Crippen molar-refractivity contribution >= 4 is 29.2 Å². The van der Waals surface area contributed by atoms with Crippen LogP contribution in [0.5, 0.6) is 0 Å². The molecule has 1 atom stereocenters. The highest BCUT2D eigenvalue weighted by molar-refractivity contribution is 6.43. The van der Waals surface area contributed by atoms with Gasteiger partial charge in [0.25, 0.3) is 0 Å². The number of aryl methyl sites for hydroxylation is 1. The zero-order valence-electron chi connectivity index (χ0n) is 14.6. The second kappa shape index (κ2) is 8.39. The van der Waals surface area contributed by atoms with Crippen LogP contribution in [0.15, 0.2) is 12.1 Å². The summed E-state index contributed by atoms with van der Waals surface area (Å²) < 4.78 is 0. The van der Waals surface area contributed by atoms with Gasteiger partial charge in [0.15, 0.2) is 0 Å². The number of urea groups is 1. The standard InChI is InChI=1S/C17H25Cl2N3O2/c1-11-5-6-14(16(19)15(11)18)12(2)20-17(23)22(24-4)13-7-9-21(3)10-8-13/h5-6,12-13H,7-10H2,1-4H3,(H,20,23). The first kappa shape index (κ1) is 19.3. The molecular weight excluding hydrogens is 349 g/mol. The van der Waals surface area contributed by atoms with Gasteiger partial charge in [0.05, 0.1) is 29.2 Å². The Morgan fingerprint density at radius 1 is 1.33 bits per heavy atom. The van der Waals surface area contributed by atoms with Crippen molar-refractivity contribution in [3.63, 3.8) is 0 Å². The van der Waals surface area contributed by atoms with Crippen LogP contribution in [0.1, 0.15) is 36.9 Å². The molecule has 2 amide bonds. The molecule has 2 rings (SSSR count). The smallest absolute Gasteiger partial charge is 0.330 e. The Morgan fingerprint density at radius 2 is 1.96 bits per heavy atom. The van der Waals surface area contributed by atoms with E-state index in [0.717, 1.165) is 37.1 Å². The fraction of sp³-hybridized carbons (Fsp3) is 0.588. The Kier molecular flexibility index (Phi) is 6.75. The molecule has 1 aliphatic rings. The minimum atomic E-state index is -0.271. The number of likely N-dealkylation sites (tertiary alicyclic amines) is 1.